The number of epoxide rings is 1. The van der Waals surface area contributed by atoms with E-state index in [1.807, 2.05) is 24.3 Å². The fourth-order valence-corrected chi connectivity index (χ4v) is 1.12. The molecule has 3 heteroatoms. The largest absolute Gasteiger partial charge is 0.490 e. The second-order valence-corrected chi connectivity index (χ2v) is 3.03. The third kappa shape index (κ3) is 2.20. The third-order valence-corrected chi connectivity index (χ3v) is 1.97. The Hall–Kier alpha value is -1.06. The van der Waals surface area contributed by atoms with Gasteiger partial charge in [0.05, 0.1) is 13.2 Å². The van der Waals surface area contributed by atoms with E-state index in [1.54, 1.807) is 0 Å². The van der Waals surface area contributed by atoms with Gasteiger partial charge >= 0.3 is 0 Å². The summed E-state index contributed by atoms with van der Waals surface area (Å²) in [6.07, 6.45) is 0.256. The Labute approximate surface area is 76.9 Å². The van der Waals surface area contributed by atoms with Crippen LogP contribution in [0.3, 0.4) is 0 Å². The minimum absolute atomic E-state index is 0.0156. The van der Waals surface area contributed by atoms with E-state index in [2.05, 4.69) is 0 Å². The van der Waals surface area contributed by atoms with Gasteiger partial charge in [-0.2, -0.15) is 0 Å². The molecule has 0 amide bonds. The van der Waals surface area contributed by atoms with E-state index in [0.29, 0.717) is 6.61 Å². The number of para-hydroxylation sites is 1. The van der Waals surface area contributed by atoms with Crippen LogP contribution in [0.25, 0.3) is 0 Å². The van der Waals surface area contributed by atoms with Crippen molar-refractivity contribution in [2.45, 2.75) is 12.7 Å². The van der Waals surface area contributed by atoms with Crippen LogP contribution in [0.1, 0.15) is 5.56 Å². The molecule has 1 aliphatic heterocycles. The lowest BCUT2D eigenvalue weighted by atomic mass is 10.2. The SMILES string of the molecule is OCc1ccccc1OCC1CO1. The van der Waals surface area contributed by atoms with Crippen molar-refractivity contribution in [1.29, 1.82) is 0 Å². The molecule has 1 unspecified atom stereocenters. The molecule has 0 saturated carbocycles. The predicted octanol–water partition coefficient (Wildman–Crippen LogP) is 0.956. The van der Waals surface area contributed by atoms with Crippen molar-refractivity contribution in [2.24, 2.45) is 0 Å². The first kappa shape index (κ1) is 8.53. The first-order valence-corrected chi connectivity index (χ1v) is 4.33. The smallest absolute Gasteiger partial charge is 0.124 e. The van der Waals surface area contributed by atoms with Crippen LogP contribution < -0.4 is 4.74 Å². The van der Waals surface area contributed by atoms with Crippen LogP contribution in [0.15, 0.2) is 24.3 Å². The standard InChI is InChI=1S/C10H12O3/c11-5-8-3-1-2-4-10(8)13-7-9-6-12-9/h1-4,9,11H,5-7H2. The fraction of sp³-hybridized carbons (Fsp3) is 0.400. The second-order valence-electron chi connectivity index (χ2n) is 3.03. The highest BCUT2D eigenvalue weighted by Gasteiger charge is 2.23. The minimum Gasteiger partial charge on any atom is -0.490 e. The van der Waals surface area contributed by atoms with E-state index in [9.17, 15) is 0 Å². The molecule has 2 rings (SSSR count). The van der Waals surface area contributed by atoms with E-state index < -0.39 is 0 Å². The molecule has 70 valence electrons. The number of hydrogen-bond donors (Lipinski definition) is 1. The van der Waals surface area contributed by atoms with Gasteiger partial charge in [0.2, 0.25) is 0 Å². The fourth-order valence-electron chi connectivity index (χ4n) is 1.12. The zero-order valence-electron chi connectivity index (χ0n) is 7.27. The summed E-state index contributed by atoms with van der Waals surface area (Å²) in [4.78, 5) is 0. The Balaban J connectivity index is 1.99. The molecule has 1 aromatic carbocycles. The quantitative estimate of drug-likeness (QED) is 0.701. The average Bonchev–Trinajstić information content (AvgIpc) is 2.99. The van der Waals surface area contributed by atoms with Crippen LogP contribution >= 0.6 is 0 Å². The summed E-state index contributed by atoms with van der Waals surface area (Å²) in [5.41, 5.74) is 0.822. The van der Waals surface area contributed by atoms with Crippen molar-refractivity contribution < 1.29 is 14.6 Å². The molecule has 0 radical (unpaired) electrons. The maximum atomic E-state index is 8.99. The highest BCUT2D eigenvalue weighted by Crippen LogP contribution is 2.19. The number of hydrogen-bond acceptors (Lipinski definition) is 3. The monoisotopic (exact) mass is 180 g/mol. The lowest BCUT2D eigenvalue weighted by molar-refractivity contribution is 0.243. The van der Waals surface area contributed by atoms with E-state index in [0.717, 1.165) is 17.9 Å². The summed E-state index contributed by atoms with van der Waals surface area (Å²) in [5.74, 6) is 0.750. The van der Waals surface area contributed by atoms with Crippen LogP contribution in [-0.4, -0.2) is 24.4 Å². The number of aliphatic hydroxyl groups excluding tert-OH is 1. The van der Waals surface area contributed by atoms with Crippen molar-refractivity contribution >= 4 is 0 Å². The predicted molar refractivity (Wildman–Crippen MR) is 47.6 cm³/mol. The molecule has 1 heterocycles. The van der Waals surface area contributed by atoms with Gasteiger partial charge in [-0.25, -0.2) is 0 Å². The molecule has 13 heavy (non-hydrogen) atoms. The van der Waals surface area contributed by atoms with Crippen LogP contribution in [0, 0.1) is 0 Å². The minimum atomic E-state index is 0.0156. The molecule has 1 aliphatic rings. The third-order valence-electron chi connectivity index (χ3n) is 1.97. The molecule has 3 nitrogen and oxygen atoms in total. The first-order valence-electron chi connectivity index (χ1n) is 4.33. The molecule has 1 atom stereocenters. The molecule has 0 aliphatic carbocycles. The van der Waals surface area contributed by atoms with Crippen LogP contribution in [0.2, 0.25) is 0 Å². The second kappa shape index (κ2) is 3.77. The van der Waals surface area contributed by atoms with Gasteiger partial charge in [-0.15, -0.1) is 0 Å². The lowest BCUT2D eigenvalue weighted by Crippen LogP contribution is -2.05. The Morgan fingerprint density at radius 3 is 2.92 bits per heavy atom. The molecular formula is C10H12O3. The highest BCUT2D eigenvalue weighted by molar-refractivity contribution is 5.32. The number of ether oxygens (including phenoxy) is 2. The van der Waals surface area contributed by atoms with E-state index in [1.165, 1.54) is 0 Å². The summed E-state index contributed by atoms with van der Waals surface area (Å²) in [5, 5.41) is 8.99. The molecule has 1 N–H and O–H groups in total. The zero-order valence-corrected chi connectivity index (χ0v) is 7.27. The van der Waals surface area contributed by atoms with Gasteiger partial charge in [-0.05, 0) is 6.07 Å². The molecule has 0 aromatic heterocycles. The van der Waals surface area contributed by atoms with Crippen molar-refractivity contribution in [1.82, 2.24) is 0 Å². The van der Waals surface area contributed by atoms with Crippen LogP contribution in [0.4, 0.5) is 0 Å². The van der Waals surface area contributed by atoms with Crippen molar-refractivity contribution in [3.63, 3.8) is 0 Å². The Kier molecular flexibility index (Phi) is 2.47. The summed E-state index contributed by atoms with van der Waals surface area (Å²) in [6, 6.07) is 7.48. The Morgan fingerprint density at radius 1 is 1.46 bits per heavy atom. The maximum absolute atomic E-state index is 8.99. The van der Waals surface area contributed by atoms with Crippen molar-refractivity contribution in [3.05, 3.63) is 29.8 Å². The average molecular weight is 180 g/mol. The number of benzene rings is 1. The lowest BCUT2D eigenvalue weighted by Gasteiger charge is -2.07. The summed E-state index contributed by atoms with van der Waals surface area (Å²) >= 11 is 0. The topological polar surface area (TPSA) is 42.0 Å². The zero-order chi connectivity index (χ0) is 9.10. The van der Waals surface area contributed by atoms with Crippen LogP contribution in [0.5, 0.6) is 5.75 Å². The maximum Gasteiger partial charge on any atom is 0.124 e. The number of aliphatic hydroxyl groups is 1. The van der Waals surface area contributed by atoms with Crippen molar-refractivity contribution in [3.8, 4) is 5.75 Å². The molecule has 1 fully saturated rings. The van der Waals surface area contributed by atoms with Gasteiger partial charge in [-0.3, -0.25) is 0 Å². The normalized spacial score (nSPS) is 19.9. The summed E-state index contributed by atoms with van der Waals surface area (Å²) in [7, 11) is 0. The Morgan fingerprint density at radius 2 is 2.23 bits per heavy atom. The summed E-state index contributed by atoms with van der Waals surface area (Å²) < 4.78 is 10.5. The Bertz CT molecular complexity index is 281. The van der Waals surface area contributed by atoms with Gasteiger partial charge in [0.25, 0.3) is 0 Å². The van der Waals surface area contributed by atoms with Gasteiger partial charge in [0.15, 0.2) is 0 Å². The van der Waals surface area contributed by atoms with Gasteiger partial charge < -0.3 is 14.6 Å². The first-order chi connectivity index (χ1) is 6.40. The van der Waals surface area contributed by atoms with E-state index >= 15 is 0 Å². The van der Waals surface area contributed by atoms with Crippen LogP contribution in [-0.2, 0) is 11.3 Å². The van der Waals surface area contributed by atoms with Crippen molar-refractivity contribution in [2.75, 3.05) is 13.2 Å². The highest BCUT2D eigenvalue weighted by atomic mass is 16.6. The molecule has 0 spiro atoms. The molecular weight excluding hydrogens is 168 g/mol. The molecule has 1 aromatic rings. The van der Waals surface area contributed by atoms with Gasteiger partial charge in [0, 0.05) is 5.56 Å². The van der Waals surface area contributed by atoms with E-state index in [4.69, 9.17) is 14.6 Å². The van der Waals surface area contributed by atoms with E-state index in [-0.39, 0.29) is 12.7 Å². The molecule has 1 saturated heterocycles. The summed E-state index contributed by atoms with van der Waals surface area (Å²) in [6.45, 7) is 1.39. The molecule has 0 bridgehead atoms. The van der Waals surface area contributed by atoms with Gasteiger partial charge in [-0.1, -0.05) is 18.2 Å². The number of rotatable bonds is 4. The van der Waals surface area contributed by atoms with Gasteiger partial charge in [0.1, 0.15) is 18.5 Å².